The molecule has 2 aromatic carbocycles. The van der Waals surface area contributed by atoms with Crippen molar-refractivity contribution in [2.24, 2.45) is 4.99 Å². The van der Waals surface area contributed by atoms with Crippen molar-refractivity contribution in [2.45, 2.75) is 6.54 Å². The maximum atomic E-state index is 13.6. The van der Waals surface area contributed by atoms with Crippen LogP contribution in [0.25, 0.3) is 0 Å². The fourth-order valence-corrected chi connectivity index (χ4v) is 3.10. The summed E-state index contributed by atoms with van der Waals surface area (Å²) in [6.45, 7) is 0.169. The van der Waals surface area contributed by atoms with E-state index in [1.165, 1.54) is 11.3 Å². The Labute approximate surface area is 157 Å². The highest BCUT2D eigenvalue weighted by molar-refractivity contribution is 7.07. The van der Waals surface area contributed by atoms with E-state index in [4.69, 9.17) is 0 Å². The third-order valence-electron chi connectivity index (χ3n) is 3.65. The molecule has 0 saturated carbocycles. The summed E-state index contributed by atoms with van der Waals surface area (Å²) < 4.78 is 28.3. The number of thiazole rings is 1. The van der Waals surface area contributed by atoms with Gasteiger partial charge in [0, 0.05) is 24.2 Å². The highest BCUT2D eigenvalue weighted by Crippen LogP contribution is 2.09. The molecule has 0 saturated heterocycles. The van der Waals surface area contributed by atoms with Gasteiger partial charge < -0.3 is 9.88 Å². The Bertz CT molecular complexity index is 1030. The van der Waals surface area contributed by atoms with Crippen LogP contribution in [0.15, 0.2) is 65.1 Å². The topological polar surface area (TPSA) is 63.5 Å². The zero-order valence-electron chi connectivity index (χ0n) is 14.1. The SMILES string of the molecule is O=C(CNC(=O)c1ccc(F)cc1F)N=c1sccn1Cc1ccccc1. The normalized spacial score (nSPS) is 11.4. The lowest BCUT2D eigenvalue weighted by atomic mass is 10.2. The number of carbonyl (C=O) groups excluding carboxylic acids is 2. The Balaban J connectivity index is 1.65. The molecule has 8 heteroatoms. The van der Waals surface area contributed by atoms with Gasteiger partial charge in [-0.05, 0) is 17.7 Å². The molecule has 0 aliphatic heterocycles. The van der Waals surface area contributed by atoms with Crippen molar-refractivity contribution in [3.63, 3.8) is 0 Å². The van der Waals surface area contributed by atoms with E-state index in [0.29, 0.717) is 17.4 Å². The van der Waals surface area contributed by atoms with Gasteiger partial charge in [-0.3, -0.25) is 9.59 Å². The standard InChI is InChI=1S/C19H15F2N3O2S/c20-14-6-7-15(16(21)10-14)18(26)22-11-17(25)23-19-24(8-9-27-19)12-13-4-2-1-3-5-13/h1-10H,11-12H2,(H,22,26). The fourth-order valence-electron chi connectivity index (χ4n) is 2.36. The number of hydrogen-bond donors (Lipinski definition) is 1. The number of hydrogen-bond acceptors (Lipinski definition) is 3. The van der Waals surface area contributed by atoms with E-state index >= 15 is 0 Å². The van der Waals surface area contributed by atoms with Gasteiger partial charge >= 0.3 is 0 Å². The van der Waals surface area contributed by atoms with Crippen molar-refractivity contribution in [1.29, 1.82) is 0 Å². The molecule has 0 spiro atoms. The lowest BCUT2D eigenvalue weighted by molar-refractivity contribution is -0.117. The highest BCUT2D eigenvalue weighted by Gasteiger charge is 2.13. The largest absolute Gasteiger partial charge is 0.343 e. The zero-order chi connectivity index (χ0) is 19.2. The summed E-state index contributed by atoms with van der Waals surface area (Å²) in [6.07, 6.45) is 1.82. The van der Waals surface area contributed by atoms with Gasteiger partial charge in [0.25, 0.3) is 11.8 Å². The minimum Gasteiger partial charge on any atom is -0.343 e. The Morgan fingerprint density at radius 2 is 1.89 bits per heavy atom. The molecule has 1 heterocycles. The van der Waals surface area contributed by atoms with E-state index in [1.54, 1.807) is 0 Å². The molecule has 0 aliphatic rings. The first-order chi connectivity index (χ1) is 13.0. The van der Waals surface area contributed by atoms with Crippen LogP contribution in [0.1, 0.15) is 15.9 Å². The van der Waals surface area contributed by atoms with E-state index < -0.39 is 23.4 Å². The van der Waals surface area contributed by atoms with Crippen LogP contribution in [0, 0.1) is 11.6 Å². The summed E-state index contributed by atoms with van der Waals surface area (Å²) in [4.78, 5) is 28.5. The molecule has 1 aromatic heterocycles. The average Bonchev–Trinajstić information content (AvgIpc) is 3.07. The van der Waals surface area contributed by atoms with Crippen molar-refractivity contribution >= 4 is 23.2 Å². The molecule has 0 unspecified atom stereocenters. The summed E-state index contributed by atoms with van der Waals surface area (Å²) in [6, 6.07) is 12.3. The summed E-state index contributed by atoms with van der Waals surface area (Å²) >= 11 is 1.29. The van der Waals surface area contributed by atoms with Crippen molar-refractivity contribution in [2.75, 3.05) is 6.54 Å². The van der Waals surface area contributed by atoms with Crippen molar-refractivity contribution in [3.05, 3.63) is 87.7 Å². The van der Waals surface area contributed by atoms with Crippen LogP contribution in [0.4, 0.5) is 8.78 Å². The van der Waals surface area contributed by atoms with Gasteiger partial charge in [-0.2, -0.15) is 4.99 Å². The van der Waals surface area contributed by atoms with Crippen LogP contribution >= 0.6 is 11.3 Å². The molecule has 27 heavy (non-hydrogen) atoms. The number of halogens is 2. The van der Waals surface area contributed by atoms with Crippen LogP contribution < -0.4 is 10.1 Å². The maximum absolute atomic E-state index is 13.6. The molecule has 1 N–H and O–H groups in total. The van der Waals surface area contributed by atoms with Gasteiger partial charge in [0.15, 0.2) is 4.80 Å². The second kappa shape index (κ2) is 8.50. The van der Waals surface area contributed by atoms with Crippen molar-refractivity contribution in [1.82, 2.24) is 9.88 Å². The minimum absolute atomic E-state index is 0.334. The molecule has 0 aliphatic carbocycles. The molecular weight excluding hydrogens is 372 g/mol. The first-order valence-electron chi connectivity index (χ1n) is 8.01. The van der Waals surface area contributed by atoms with E-state index in [9.17, 15) is 18.4 Å². The van der Waals surface area contributed by atoms with Crippen LogP contribution in [-0.2, 0) is 11.3 Å². The third-order valence-corrected chi connectivity index (χ3v) is 4.45. The first-order valence-corrected chi connectivity index (χ1v) is 8.89. The molecule has 138 valence electrons. The van der Waals surface area contributed by atoms with Gasteiger partial charge in [0.1, 0.15) is 11.6 Å². The monoisotopic (exact) mass is 387 g/mol. The number of amides is 2. The number of benzene rings is 2. The predicted octanol–water partition coefficient (Wildman–Crippen LogP) is 2.73. The summed E-state index contributed by atoms with van der Waals surface area (Å²) in [7, 11) is 0. The molecule has 0 fully saturated rings. The molecule has 0 atom stereocenters. The molecule has 3 aromatic rings. The Kier molecular flexibility index (Phi) is 5.87. The average molecular weight is 387 g/mol. The second-order valence-electron chi connectivity index (χ2n) is 5.61. The van der Waals surface area contributed by atoms with E-state index in [0.717, 1.165) is 17.7 Å². The predicted molar refractivity (Wildman–Crippen MR) is 97.1 cm³/mol. The summed E-state index contributed by atoms with van der Waals surface area (Å²) in [5.74, 6) is -3.15. The summed E-state index contributed by atoms with van der Waals surface area (Å²) in [5, 5.41) is 4.10. The van der Waals surface area contributed by atoms with Gasteiger partial charge in [-0.15, -0.1) is 11.3 Å². The van der Waals surface area contributed by atoms with E-state index in [2.05, 4.69) is 10.3 Å². The number of aromatic nitrogens is 1. The van der Waals surface area contributed by atoms with Crippen LogP contribution in [-0.4, -0.2) is 22.9 Å². The van der Waals surface area contributed by atoms with Crippen molar-refractivity contribution in [3.8, 4) is 0 Å². The lowest BCUT2D eigenvalue weighted by Gasteiger charge is -2.04. The number of nitrogens with one attached hydrogen (secondary N) is 1. The number of nitrogens with zero attached hydrogens (tertiary/aromatic N) is 2. The zero-order valence-corrected chi connectivity index (χ0v) is 14.9. The maximum Gasteiger partial charge on any atom is 0.267 e. The Morgan fingerprint density at radius 3 is 2.63 bits per heavy atom. The molecule has 3 rings (SSSR count). The third kappa shape index (κ3) is 4.95. The smallest absolute Gasteiger partial charge is 0.267 e. The van der Waals surface area contributed by atoms with Gasteiger partial charge in [-0.1, -0.05) is 30.3 Å². The Morgan fingerprint density at radius 1 is 1.11 bits per heavy atom. The molecule has 2 amide bonds. The molecule has 0 bridgehead atoms. The van der Waals surface area contributed by atoms with Crippen LogP contribution in [0.3, 0.4) is 0 Å². The Hall–Kier alpha value is -3.13. The first kappa shape index (κ1) is 18.7. The quantitative estimate of drug-likeness (QED) is 0.732. The van der Waals surface area contributed by atoms with E-state index in [-0.39, 0.29) is 12.1 Å². The molecule has 0 radical (unpaired) electrons. The lowest BCUT2D eigenvalue weighted by Crippen LogP contribution is -2.30. The molecule has 5 nitrogen and oxygen atoms in total. The second-order valence-corrected chi connectivity index (χ2v) is 6.48. The highest BCUT2D eigenvalue weighted by atomic mass is 32.1. The number of carbonyl (C=O) groups is 2. The van der Waals surface area contributed by atoms with Gasteiger partial charge in [-0.25, -0.2) is 8.78 Å². The number of rotatable bonds is 5. The van der Waals surface area contributed by atoms with Gasteiger partial charge in [0.05, 0.1) is 12.1 Å². The van der Waals surface area contributed by atoms with Crippen molar-refractivity contribution < 1.29 is 18.4 Å². The van der Waals surface area contributed by atoms with Gasteiger partial charge in [0.2, 0.25) is 0 Å². The van der Waals surface area contributed by atoms with Crippen LogP contribution in [0.5, 0.6) is 0 Å². The summed E-state index contributed by atoms with van der Waals surface area (Å²) in [5.41, 5.74) is 0.726. The minimum atomic E-state index is -0.990. The van der Waals surface area contributed by atoms with Crippen LogP contribution in [0.2, 0.25) is 0 Å². The fraction of sp³-hybridized carbons (Fsp3) is 0.105. The molecular formula is C19H15F2N3O2S. The van der Waals surface area contributed by atoms with E-state index in [1.807, 2.05) is 46.5 Å².